The molecule has 0 spiro atoms. The Morgan fingerprint density at radius 2 is 2.09 bits per heavy atom. The first-order chi connectivity index (χ1) is 11.0. The minimum absolute atomic E-state index is 0.375. The van der Waals surface area contributed by atoms with Gasteiger partial charge in [0, 0.05) is 5.02 Å². The fraction of sp³-hybridized carbons (Fsp3) is 0.278. The summed E-state index contributed by atoms with van der Waals surface area (Å²) in [6.07, 6.45) is 1.77. The van der Waals surface area contributed by atoms with Crippen LogP contribution in [0.4, 0.5) is 0 Å². The first kappa shape index (κ1) is 14.7. The van der Waals surface area contributed by atoms with E-state index in [-0.39, 0.29) is 0 Å². The van der Waals surface area contributed by atoms with Crippen LogP contribution in [0.25, 0.3) is 22.2 Å². The predicted octanol–water partition coefficient (Wildman–Crippen LogP) is 3.43. The second-order valence-corrected chi connectivity index (χ2v) is 6.69. The van der Waals surface area contributed by atoms with Crippen molar-refractivity contribution in [1.82, 2.24) is 9.55 Å². The van der Waals surface area contributed by atoms with Crippen LogP contribution in [0.5, 0.6) is 0 Å². The molecule has 118 valence electrons. The highest BCUT2D eigenvalue weighted by Gasteiger charge is 2.36. The molecule has 4 nitrogen and oxygen atoms in total. The third-order valence-corrected chi connectivity index (χ3v) is 4.57. The molecule has 0 unspecified atom stereocenters. The Morgan fingerprint density at radius 3 is 2.83 bits per heavy atom. The van der Waals surface area contributed by atoms with E-state index in [1.54, 1.807) is 6.33 Å². The van der Waals surface area contributed by atoms with Gasteiger partial charge >= 0.3 is 0 Å². The molecule has 0 amide bonds. The Morgan fingerprint density at radius 1 is 1.26 bits per heavy atom. The highest BCUT2D eigenvalue weighted by atomic mass is 35.5. The van der Waals surface area contributed by atoms with E-state index in [0.29, 0.717) is 19.8 Å². The molecule has 0 radical (unpaired) electrons. The van der Waals surface area contributed by atoms with Crippen molar-refractivity contribution in [2.45, 2.75) is 19.1 Å². The standard InChI is InChI=1S/C18H17ClN2O2/c1-12-2-4-14(19)7-15(12)13-3-5-16-17(6-13)21(11-20-16)8-18(22)9-23-10-18/h2-7,11,22H,8-10H2,1H3. The third-order valence-electron chi connectivity index (χ3n) is 4.34. The lowest BCUT2D eigenvalue weighted by Gasteiger charge is -2.36. The average molecular weight is 329 g/mol. The van der Waals surface area contributed by atoms with Gasteiger partial charge in [0.1, 0.15) is 5.60 Å². The third kappa shape index (κ3) is 2.63. The van der Waals surface area contributed by atoms with Gasteiger partial charge in [-0.2, -0.15) is 0 Å². The van der Waals surface area contributed by atoms with Crippen LogP contribution in [-0.2, 0) is 11.3 Å². The van der Waals surface area contributed by atoms with E-state index in [0.717, 1.165) is 27.2 Å². The van der Waals surface area contributed by atoms with Crippen LogP contribution in [-0.4, -0.2) is 33.5 Å². The van der Waals surface area contributed by atoms with Crippen LogP contribution in [0.1, 0.15) is 5.56 Å². The molecule has 0 atom stereocenters. The van der Waals surface area contributed by atoms with Crippen LogP contribution >= 0.6 is 11.6 Å². The number of hydrogen-bond acceptors (Lipinski definition) is 3. The molecule has 5 heteroatoms. The molecule has 1 saturated heterocycles. The Hall–Kier alpha value is -1.88. The minimum Gasteiger partial charge on any atom is -0.383 e. The molecule has 23 heavy (non-hydrogen) atoms. The SMILES string of the molecule is Cc1ccc(Cl)cc1-c1ccc2ncn(CC3(O)COC3)c2c1. The lowest BCUT2D eigenvalue weighted by molar-refractivity contribution is -0.184. The van der Waals surface area contributed by atoms with Gasteiger partial charge in [-0.1, -0.05) is 23.7 Å². The molecular weight excluding hydrogens is 312 g/mol. The normalized spacial score (nSPS) is 16.5. The molecule has 0 saturated carbocycles. The van der Waals surface area contributed by atoms with Gasteiger partial charge in [-0.05, 0) is 47.9 Å². The van der Waals surface area contributed by atoms with Crippen LogP contribution in [0.15, 0.2) is 42.7 Å². The van der Waals surface area contributed by atoms with Gasteiger partial charge in [0.2, 0.25) is 0 Å². The lowest BCUT2D eigenvalue weighted by atomic mass is 10.00. The largest absolute Gasteiger partial charge is 0.383 e. The molecule has 3 aromatic rings. The van der Waals surface area contributed by atoms with Crippen molar-refractivity contribution in [1.29, 1.82) is 0 Å². The topological polar surface area (TPSA) is 47.3 Å². The maximum atomic E-state index is 10.3. The summed E-state index contributed by atoms with van der Waals surface area (Å²) in [5.41, 5.74) is 4.51. The predicted molar refractivity (Wildman–Crippen MR) is 90.7 cm³/mol. The van der Waals surface area contributed by atoms with E-state index in [1.165, 1.54) is 5.56 Å². The second-order valence-electron chi connectivity index (χ2n) is 6.25. The van der Waals surface area contributed by atoms with Gasteiger partial charge < -0.3 is 14.4 Å². The van der Waals surface area contributed by atoms with E-state index in [2.05, 4.69) is 24.0 Å². The number of nitrogens with zero attached hydrogens (tertiary/aromatic N) is 2. The van der Waals surface area contributed by atoms with E-state index < -0.39 is 5.60 Å². The summed E-state index contributed by atoms with van der Waals surface area (Å²) >= 11 is 6.14. The van der Waals surface area contributed by atoms with Crippen molar-refractivity contribution < 1.29 is 9.84 Å². The fourth-order valence-electron chi connectivity index (χ4n) is 3.00. The monoisotopic (exact) mass is 328 g/mol. The number of imidazole rings is 1. The van der Waals surface area contributed by atoms with Gasteiger partial charge in [-0.3, -0.25) is 0 Å². The molecule has 1 N–H and O–H groups in total. The van der Waals surface area contributed by atoms with Gasteiger partial charge in [0.05, 0.1) is 37.1 Å². The van der Waals surface area contributed by atoms with Crippen LogP contribution in [0, 0.1) is 6.92 Å². The lowest BCUT2D eigenvalue weighted by Crippen LogP contribution is -2.52. The molecule has 2 aromatic carbocycles. The smallest absolute Gasteiger partial charge is 0.129 e. The minimum atomic E-state index is -0.782. The highest BCUT2D eigenvalue weighted by Crippen LogP contribution is 2.30. The first-order valence-corrected chi connectivity index (χ1v) is 7.93. The molecule has 2 heterocycles. The average Bonchev–Trinajstić information content (AvgIpc) is 2.90. The van der Waals surface area contributed by atoms with E-state index in [4.69, 9.17) is 16.3 Å². The van der Waals surface area contributed by atoms with Gasteiger partial charge in [-0.15, -0.1) is 0 Å². The summed E-state index contributed by atoms with van der Waals surface area (Å²) in [5.74, 6) is 0. The van der Waals surface area contributed by atoms with E-state index in [1.807, 2.05) is 28.8 Å². The van der Waals surface area contributed by atoms with E-state index >= 15 is 0 Å². The highest BCUT2D eigenvalue weighted by molar-refractivity contribution is 6.30. The summed E-state index contributed by atoms with van der Waals surface area (Å²) in [7, 11) is 0. The van der Waals surface area contributed by atoms with Crippen molar-refractivity contribution in [3.63, 3.8) is 0 Å². The Labute approximate surface area is 139 Å². The summed E-state index contributed by atoms with van der Waals surface area (Å²) in [5, 5.41) is 11.0. The van der Waals surface area contributed by atoms with Crippen molar-refractivity contribution in [2.75, 3.05) is 13.2 Å². The van der Waals surface area contributed by atoms with Gasteiger partial charge in [-0.25, -0.2) is 4.98 Å². The van der Waals surface area contributed by atoms with Crippen molar-refractivity contribution in [3.05, 3.63) is 53.3 Å². The molecule has 0 bridgehead atoms. The zero-order valence-corrected chi connectivity index (χ0v) is 13.5. The maximum Gasteiger partial charge on any atom is 0.129 e. The number of aliphatic hydroxyl groups is 1. The molecule has 4 rings (SSSR count). The summed E-state index contributed by atoms with van der Waals surface area (Å²) in [4.78, 5) is 4.42. The number of halogens is 1. The molecule has 0 aliphatic carbocycles. The zero-order valence-electron chi connectivity index (χ0n) is 12.8. The van der Waals surface area contributed by atoms with Crippen molar-refractivity contribution in [2.24, 2.45) is 0 Å². The molecule has 1 aliphatic rings. The molecule has 1 aliphatic heterocycles. The van der Waals surface area contributed by atoms with E-state index in [9.17, 15) is 5.11 Å². The number of aromatic nitrogens is 2. The summed E-state index contributed by atoms with van der Waals surface area (Å²) < 4.78 is 7.11. The van der Waals surface area contributed by atoms with Crippen molar-refractivity contribution in [3.8, 4) is 11.1 Å². The van der Waals surface area contributed by atoms with Crippen LogP contribution in [0.2, 0.25) is 5.02 Å². The van der Waals surface area contributed by atoms with Gasteiger partial charge in [0.25, 0.3) is 0 Å². The molecular formula is C18H17ClN2O2. The van der Waals surface area contributed by atoms with Crippen LogP contribution < -0.4 is 0 Å². The number of ether oxygens (including phenoxy) is 1. The number of hydrogen-bond donors (Lipinski definition) is 1. The van der Waals surface area contributed by atoms with Gasteiger partial charge in [0.15, 0.2) is 0 Å². The maximum absolute atomic E-state index is 10.3. The van der Waals surface area contributed by atoms with Crippen molar-refractivity contribution >= 4 is 22.6 Å². The first-order valence-electron chi connectivity index (χ1n) is 7.56. The second kappa shape index (κ2) is 5.34. The summed E-state index contributed by atoms with van der Waals surface area (Å²) in [6.45, 7) is 3.31. The number of rotatable bonds is 3. The summed E-state index contributed by atoms with van der Waals surface area (Å²) in [6, 6.07) is 12.1. The number of benzene rings is 2. The Kier molecular flexibility index (Phi) is 3.41. The Bertz CT molecular complexity index is 884. The van der Waals surface area contributed by atoms with Crippen LogP contribution in [0.3, 0.4) is 0 Å². The fourth-order valence-corrected chi connectivity index (χ4v) is 3.17. The Balaban J connectivity index is 1.79. The molecule has 1 aromatic heterocycles. The number of aryl methyl sites for hydroxylation is 1. The number of fused-ring (bicyclic) bond motifs is 1. The zero-order chi connectivity index (χ0) is 16.0. The quantitative estimate of drug-likeness (QED) is 0.801. The molecule has 1 fully saturated rings.